The van der Waals surface area contributed by atoms with Gasteiger partial charge in [-0.05, 0) is 12.1 Å². The van der Waals surface area contributed by atoms with Crippen molar-refractivity contribution in [3.8, 4) is 0 Å². The molecule has 1 aromatic heterocycles. The topological polar surface area (TPSA) is 82.5 Å². The van der Waals surface area contributed by atoms with Crippen LogP contribution in [-0.2, 0) is 4.57 Å². The standard InChI is InChI=1S/C7H10N2O3P/c10-13(11,12)6-5-9-7-3-1-2-4-8-7/h1-4,6H,5H2,(H,8,9)(H2,10,11,12). The number of nitrogens with zero attached hydrogens (tertiary/aromatic N) is 1. The van der Waals surface area contributed by atoms with Crippen molar-refractivity contribution in [3.05, 3.63) is 30.6 Å². The van der Waals surface area contributed by atoms with Gasteiger partial charge in [0.25, 0.3) is 0 Å². The molecule has 13 heavy (non-hydrogen) atoms. The summed E-state index contributed by atoms with van der Waals surface area (Å²) in [6.45, 7) is 0.0985. The molecule has 6 heteroatoms. The van der Waals surface area contributed by atoms with Crippen LogP contribution in [0.5, 0.6) is 0 Å². The smallest absolute Gasteiger partial charge is 0.331 e. The number of anilines is 1. The van der Waals surface area contributed by atoms with Crippen LogP contribution in [0.15, 0.2) is 24.4 Å². The third kappa shape index (κ3) is 4.62. The van der Waals surface area contributed by atoms with Crippen molar-refractivity contribution in [2.24, 2.45) is 0 Å². The maximum Gasteiger partial charge on any atom is 0.331 e. The molecule has 5 nitrogen and oxygen atoms in total. The summed E-state index contributed by atoms with van der Waals surface area (Å²) in [5, 5.41) is 2.74. The minimum Gasteiger partial charge on any atom is -0.369 e. The SMILES string of the molecule is O=P(O)(O)[CH]CNc1ccccn1. The molecule has 0 saturated carbocycles. The second-order valence-electron chi connectivity index (χ2n) is 2.37. The van der Waals surface area contributed by atoms with Crippen molar-refractivity contribution in [2.45, 2.75) is 0 Å². The second kappa shape index (κ2) is 4.37. The van der Waals surface area contributed by atoms with Crippen molar-refractivity contribution < 1.29 is 14.4 Å². The van der Waals surface area contributed by atoms with Crippen LogP contribution in [0.25, 0.3) is 0 Å². The molecule has 0 bridgehead atoms. The molecule has 0 saturated heterocycles. The molecule has 0 aromatic carbocycles. The van der Waals surface area contributed by atoms with Crippen LogP contribution in [0, 0.1) is 6.16 Å². The summed E-state index contributed by atoms with van der Waals surface area (Å²) in [5.74, 6) is 0.590. The Morgan fingerprint density at radius 3 is 2.85 bits per heavy atom. The summed E-state index contributed by atoms with van der Waals surface area (Å²) in [6.07, 6.45) is 2.50. The third-order valence-electron chi connectivity index (χ3n) is 1.28. The van der Waals surface area contributed by atoms with Crippen molar-refractivity contribution in [3.63, 3.8) is 0 Å². The molecule has 1 rings (SSSR count). The fraction of sp³-hybridized carbons (Fsp3) is 0.143. The van der Waals surface area contributed by atoms with Crippen molar-refractivity contribution >= 4 is 13.4 Å². The first-order valence-corrected chi connectivity index (χ1v) is 5.30. The summed E-state index contributed by atoms with van der Waals surface area (Å²) in [7, 11) is -4.02. The Kier molecular flexibility index (Phi) is 3.42. The van der Waals surface area contributed by atoms with E-state index in [4.69, 9.17) is 9.79 Å². The Morgan fingerprint density at radius 2 is 2.31 bits per heavy atom. The van der Waals surface area contributed by atoms with Gasteiger partial charge in [0.05, 0.1) is 6.16 Å². The molecule has 0 fully saturated rings. The Hall–Kier alpha value is -0.900. The number of rotatable bonds is 4. The highest BCUT2D eigenvalue weighted by molar-refractivity contribution is 7.54. The number of pyridine rings is 1. The highest BCUT2D eigenvalue weighted by Crippen LogP contribution is 2.37. The van der Waals surface area contributed by atoms with Gasteiger partial charge in [-0.25, -0.2) is 4.98 Å². The lowest BCUT2D eigenvalue weighted by atomic mass is 10.4. The monoisotopic (exact) mass is 201 g/mol. The lowest BCUT2D eigenvalue weighted by Gasteiger charge is -2.05. The molecule has 71 valence electrons. The van der Waals surface area contributed by atoms with E-state index in [-0.39, 0.29) is 6.54 Å². The first-order valence-electron chi connectivity index (χ1n) is 3.62. The molecule has 0 aliphatic carbocycles. The van der Waals surface area contributed by atoms with Crippen LogP contribution in [0.1, 0.15) is 0 Å². The van der Waals surface area contributed by atoms with Gasteiger partial charge in [-0.1, -0.05) is 6.07 Å². The van der Waals surface area contributed by atoms with Crippen molar-refractivity contribution in [1.29, 1.82) is 0 Å². The normalized spacial score (nSPS) is 11.2. The molecule has 1 heterocycles. The molecular weight excluding hydrogens is 191 g/mol. The molecule has 1 radical (unpaired) electrons. The van der Waals surface area contributed by atoms with Crippen LogP contribution >= 0.6 is 7.60 Å². The van der Waals surface area contributed by atoms with Gasteiger partial charge in [0.2, 0.25) is 0 Å². The van der Waals surface area contributed by atoms with Crippen LogP contribution < -0.4 is 5.32 Å². The third-order valence-corrected chi connectivity index (χ3v) is 1.94. The summed E-state index contributed by atoms with van der Waals surface area (Å²) < 4.78 is 10.4. The Balaban J connectivity index is 2.33. The lowest BCUT2D eigenvalue weighted by Crippen LogP contribution is -2.03. The Labute approximate surface area is 76.0 Å². The van der Waals surface area contributed by atoms with E-state index in [0.29, 0.717) is 5.82 Å². The highest BCUT2D eigenvalue weighted by Gasteiger charge is 2.11. The van der Waals surface area contributed by atoms with E-state index in [1.54, 1.807) is 24.4 Å². The summed E-state index contributed by atoms with van der Waals surface area (Å²) in [6, 6.07) is 5.26. The maximum absolute atomic E-state index is 10.4. The quantitative estimate of drug-likeness (QED) is 0.628. The summed E-state index contributed by atoms with van der Waals surface area (Å²) in [4.78, 5) is 20.9. The predicted molar refractivity (Wildman–Crippen MR) is 49.1 cm³/mol. The Bertz CT molecular complexity index is 298. The van der Waals surface area contributed by atoms with Crippen LogP contribution in [-0.4, -0.2) is 21.3 Å². The van der Waals surface area contributed by atoms with Gasteiger partial charge in [-0.3, -0.25) is 4.57 Å². The van der Waals surface area contributed by atoms with Gasteiger partial charge < -0.3 is 15.1 Å². The van der Waals surface area contributed by atoms with Gasteiger partial charge >= 0.3 is 7.60 Å². The van der Waals surface area contributed by atoms with E-state index < -0.39 is 7.60 Å². The molecule has 0 aliphatic heterocycles. The molecule has 0 aliphatic rings. The first kappa shape index (κ1) is 10.2. The largest absolute Gasteiger partial charge is 0.369 e. The van der Waals surface area contributed by atoms with E-state index in [1.807, 2.05) is 0 Å². The number of aromatic nitrogens is 1. The van der Waals surface area contributed by atoms with E-state index >= 15 is 0 Å². The van der Waals surface area contributed by atoms with Gasteiger partial charge in [0, 0.05) is 12.7 Å². The predicted octanol–water partition coefficient (Wildman–Crippen LogP) is 0.833. The van der Waals surface area contributed by atoms with E-state index in [0.717, 1.165) is 6.16 Å². The number of nitrogens with one attached hydrogen (secondary N) is 1. The van der Waals surface area contributed by atoms with Crippen LogP contribution in [0.3, 0.4) is 0 Å². The maximum atomic E-state index is 10.4. The number of hydrogen-bond acceptors (Lipinski definition) is 3. The van der Waals surface area contributed by atoms with Crippen LogP contribution in [0.4, 0.5) is 5.82 Å². The molecule has 0 unspecified atom stereocenters. The molecule has 0 spiro atoms. The zero-order valence-corrected chi connectivity index (χ0v) is 7.69. The van der Waals surface area contributed by atoms with Gasteiger partial charge in [-0.2, -0.15) is 0 Å². The lowest BCUT2D eigenvalue weighted by molar-refractivity contribution is 0.381. The van der Waals surface area contributed by atoms with Gasteiger partial charge in [-0.15, -0.1) is 0 Å². The second-order valence-corrected chi connectivity index (χ2v) is 3.91. The molecule has 1 aromatic rings. The minimum absolute atomic E-state index is 0.0985. The number of hydrogen-bond donors (Lipinski definition) is 3. The van der Waals surface area contributed by atoms with E-state index in [2.05, 4.69) is 10.3 Å². The van der Waals surface area contributed by atoms with Gasteiger partial charge in [0.15, 0.2) is 0 Å². The van der Waals surface area contributed by atoms with Crippen LogP contribution in [0.2, 0.25) is 0 Å². The fourth-order valence-electron chi connectivity index (χ4n) is 0.736. The summed E-state index contributed by atoms with van der Waals surface area (Å²) in [5.41, 5.74) is 0. The van der Waals surface area contributed by atoms with E-state index in [1.165, 1.54) is 0 Å². The van der Waals surface area contributed by atoms with Crippen molar-refractivity contribution in [2.75, 3.05) is 11.9 Å². The average molecular weight is 201 g/mol. The average Bonchev–Trinajstić information content (AvgIpc) is 2.04. The van der Waals surface area contributed by atoms with E-state index in [9.17, 15) is 4.57 Å². The molecule has 0 amide bonds. The fourth-order valence-corrected chi connectivity index (χ4v) is 1.07. The molecule has 3 N–H and O–H groups in total. The highest BCUT2D eigenvalue weighted by atomic mass is 31.2. The minimum atomic E-state index is -4.02. The Morgan fingerprint density at radius 1 is 1.54 bits per heavy atom. The zero-order valence-electron chi connectivity index (χ0n) is 6.79. The molecular formula is C7H10N2O3P. The summed E-state index contributed by atoms with van der Waals surface area (Å²) >= 11 is 0. The van der Waals surface area contributed by atoms with Crippen molar-refractivity contribution in [1.82, 2.24) is 4.98 Å². The zero-order chi connectivity index (χ0) is 9.73. The first-order chi connectivity index (χ1) is 6.08. The van der Waals surface area contributed by atoms with Gasteiger partial charge in [0.1, 0.15) is 5.82 Å². The molecule has 0 atom stereocenters.